The van der Waals surface area contributed by atoms with Gasteiger partial charge in [0, 0.05) is 0 Å². The van der Waals surface area contributed by atoms with Crippen LogP contribution in [0.1, 0.15) is 94.0 Å². The van der Waals surface area contributed by atoms with Crippen molar-refractivity contribution in [3.63, 3.8) is 0 Å². The van der Waals surface area contributed by atoms with Crippen LogP contribution in [-0.4, -0.2) is 0 Å². The second-order valence-electron chi connectivity index (χ2n) is 11.4. The normalized spacial score (nSPS) is 17.9. The van der Waals surface area contributed by atoms with E-state index in [1.165, 1.54) is 81.0 Å². The molecule has 0 heterocycles. The van der Waals surface area contributed by atoms with Crippen molar-refractivity contribution in [1.82, 2.24) is 0 Å². The van der Waals surface area contributed by atoms with E-state index >= 15 is 0 Å². The maximum Gasteiger partial charge on any atom is -0.00964 e. The maximum atomic E-state index is 2.46. The van der Waals surface area contributed by atoms with E-state index in [1.807, 2.05) is 13.8 Å². The first kappa shape index (κ1) is 26.6. The molecule has 0 heteroatoms. The molecular weight excluding hydrogens is 480 g/mol. The molecule has 0 spiro atoms. The number of benzene rings is 3. The van der Waals surface area contributed by atoms with Gasteiger partial charge in [-0.05, 0) is 149 Å². The van der Waals surface area contributed by atoms with Crippen LogP contribution in [0.15, 0.2) is 95.1 Å². The topological polar surface area (TPSA) is 0 Å². The van der Waals surface area contributed by atoms with Crippen molar-refractivity contribution in [1.29, 1.82) is 0 Å². The van der Waals surface area contributed by atoms with Crippen molar-refractivity contribution in [2.24, 2.45) is 0 Å². The molecule has 0 unspecified atom stereocenters. The quantitative estimate of drug-likeness (QED) is 0.321. The van der Waals surface area contributed by atoms with E-state index in [2.05, 4.69) is 98.8 Å². The SMILES string of the molecule is CC.CC1=C(C2=C(C)C(c3cccc(-c4ccc5c6c(c7c(c5c4)C=CCC7)CCC=C6)c3)=CCC2)C=CCC1. The first-order valence-electron chi connectivity index (χ1n) is 15.5. The Labute approximate surface area is 241 Å². The molecule has 0 fully saturated rings. The summed E-state index contributed by atoms with van der Waals surface area (Å²) in [6.45, 7) is 8.65. The van der Waals surface area contributed by atoms with Crippen LogP contribution in [0.3, 0.4) is 0 Å². The highest BCUT2D eigenvalue weighted by Gasteiger charge is 2.21. The number of hydrogen-bond acceptors (Lipinski definition) is 0. The molecule has 3 aromatic carbocycles. The van der Waals surface area contributed by atoms with Gasteiger partial charge in [-0.2, -0.15) is 0 Å². The zero-order valence-electron chi connectivity index (χ0n) is 24.7. The van der Waals surface area contributed by atoms with E-state index in [-0.39, 0.29) is 0 Å². The van der Waals surface area contributed by atoms with E-state index in [1.54, 1.807) is 22.3 Å². The van der Waals surface area contributed by atoms with Crippen LogP contribution in [0.5, 0.6) is 0 Å². The molecule has 0 radical (unpaired) electrons. The zero-order chi connectivity index (χ0) is 27.6. The molecule has 4 aliphatic rings. The highest BCUT2D eigenvalue weighted by atomic mass is 14.3. The van der Waals surface area contributed by atoms with E-state index < -0.39 is 0 Å². The van der Waals surface area contributed by atoms with E-state index in [9.17, 15) is 0 Å². The molecule has 0 N–H and O–H groups in total. The van der Waals surface area contributed by atoms with Gasteiger partial charge in [-0.15, -0.1) is 0 Å². The first-order chi connectivity index (χ1) is 19.7. The van der Waals surface area contributed by atoms with Crippen molar-refractivity contribution in [2.75, 3.05) is 0 Å². The summed E-state index contributed by atoms with van der Waals surface area (Å²) >= 11 is 0. The molecule has 0 saturated carbocycles. The van der Waals surface area contributed by atoms with Gasteiger partial charge in [-0.25, -0.2) is 0 Å². The third-order valence-electron chi connectivity index (χ3n) is 9.17. The summed E-state index contributed by atoms with van der Waals surface area (Å²) in [5.41, 5.74) is 17.5. The van der Waals surface area contributed by atoms with Gasteiger partial charge in [-0.1, -0.05) is 92.3 Å². The summed E-state index contributed by atoms with van der Waals surface area (Å²) < 4.78 is 0. The lowest BCUT2D eigenvalue weighted by atomic mass is 9.80. The Balaban J connectivity index is 0.00000142. The van der Waals surface area contributed by atoms with Crippen molar-refractivity contribution < 1.29 is 0 Å². The summed E-state index contributed by atoms with van der Waals surface area (Å²) in [5.74, 6) is 0. The van der Waals surface area contributed by atoms with Crippen LogP contribution in [0.2, 0.25) is 0 Å². The highest BCUT2D eigenvalue weighted by Crippen LogP contribution is 2.41. The summed E-state index contributed by atoms with van der Waals surface area (Å²) in [6.07, 6.45) is 26.0. The van der Waals surface area contributed by atoms with Crippen LogP contribution in [0, 0.1) is 0 Å². The smallest absolute Gasteiger partial charge is 0.00964 e. The predicted octanol–water partition coefficient (Wildman–Crippen LogP) is 11.6. The monoisotopic (exact) mass is 522 g/mol. The largest absolute Gasteiger partial charge is 0.0836 e. The van der Waals surface area contributed by atoms with Gasteiger partial charge in [0.2, 0.25) is 0 Å². The van der Waals surface area contributed by atoms with E-state index in [4.69, 9.17) is 0 Å². The highest BCUT2D eigenvalue weighted by molar-refractivity contribution is 6.02. The van der Waals surface area contributed by atoms with Gasteiger partial charge in [-0.3, -0.25) is 0 Å². The fourth-order valence-corrected chi connectivity index (χ4v) is 7.18. The second kappa shape index (κ2) is 11.5. The zero-order valence-corrected chi connectivity index (χ0v) is 24.7. The Kier molecular flexibility index (Phi) is 7.61. The molecule has 0 nitrogen and oxygen atoms in total. The van der Waals surface area contributed by atoms with E-state index in [0.29, 0.717) is 0 Å². The molecule has 40 heavy (non-hydrogen) atoms. The minimum Gasteiger partial charge on any atom is -0.0836 e. The molecule has 0 saturated heterocycles. The van der Waals surface area contributed by atoms with Crippen LogP contribution < -0.4 is 0 Å². The molecule has 0 aliphatic heterocycles. The van der Waals surface area contributed by atoms with Gasteiger partial charge in [0.15, 0.2) is 0 Å². The van der Waals surface area contributed by atoms with Crippen LogP contribution in [0.25, 0.3) is 39.6 Å². The molecule has 7 rings (SSSR count). The van der Waals surface area contributed by atoms with Crippen molar-refractivity contribution in [3.05, 3.63) is 123 Å². The molecule has 0 aromatic heterocycles. The Morgan fingerprint density at radius 1 is 0.575 bits per heavy atom. The summed E-state index contributed by atoms with van der Waals surface area (Å²) in [7, 11) is 0. The fraction of sp³-hybridized carbons (Fsp3) is 0.300. The van der Waals surface area contributed by atoms with Gasteiger partial charge in [0.05, 0.1) is 0 Å². The Morgan fingerprint density at radius 3 is 1.98 bits per heavy atom. The van der Waals surface area contributed by atoms with Gasteiger partial charge in [0.1, 0.15) is 0 Å². The number of allylic oxidation sites excluding steroid dienone is 10. The van der Waals surface area contributed by atoms with E-state index in [0.717, 1.165) is 25.7 Å². The van der Waals surface area contributed by atoms with Gasteiger partial charge >= 0.3 is 0 Å². The minimum atomic E-state index is 1.12. The number of rotatable bonds is 3. The standard InChI is InChI=1S/C38H36.C2H6/c1-25-11-3-4-14-30(25)32-20-10-19-31(26(32)2)29-13-9-12-27(23-29)28-21-22-37-35-17-6-5-15-33(35)34-16-7-8-18-36(34)38(37)24-28;1-2/h4,6,8-9,12-14,17-19,21-24H,3,5,7,10-11,15-16,20H2,1-2H3;1-2H3. The van der Waals surface area contributed by atoms with Crippen molar-refractivity contribution in [2.45, 2.75) is 79.1 Å². The van der Waals surface area contributed by atoms with Gasteiger partial charge in [0.25, 0.3) is 0 Å². The Bertz CT molecular complexity index is 1660. The first-order valence-corrected chi connectivity index (χ1v) is 15.5. The average molecular weight is 523 g/mol. The Hall–Kier alpha value is -3.64. The molecule has 4 aliphatic carbocycles. The molecule has 3 aromatic rings. The molecular formula is C40H42. The average Bonchev–Trinajstić information content (AvgIpc) is 3.02. The molecule has 0 bridgehead atoms. The Morgan fingerprint density at radius 2 is 1.23 bits per heavy atom. The van der Waals surface area contributed by atoms with Crippen molar-refractivity contribution >= 4 is 28.5 Å². The number of fused-ring (bicyclic) bond motifs is 6. The summed E-state index contributed by atoms with van der Waals surface area (Å²) in [6, 6.07) is 16.4. The molecule has 202 valence electrons. The van der Waals surface area contributed by atoms with Crippen LogP contribution in [-0.2, 0) is 12.8 Å². The number of hydrogen-bond donors (Lipinski definition) is 0. The molecule has 0 atom stereocenters. The lowest BCUT2D eigenvalue weighted by Crippen LogP contribution is -2.07. The fourth-order valence-electron chi connectivity index (χ4n) is 7.18. The second-order valence-corrected chi connectivity index (χ2v) is 11.4. The van der Waals surface area contributed by atoms with Crippen LogP contribution in [0.4, 0.5) is 0 Å². The van der Waals surface area contributed by atoms with Crippen LogP contribution >= 0.6 is 0 Å². The summed E-state index contributed by atoms with van der Waals surface area (Å²) in [5, 5.41) is 2.81. The summed E-state index contributed by atoms with van der Waals surface area (Å²) in [4.78, 5) is 0. The third kappa shape index (κ3) is 4.68. The van der Waals surface area contributed by atoms with Crippen molar-refractivity contribution in [3.8, 4) is 11.1 Å². The lowest BCUT2D eigenvalue weighted by molar-refractivity contribution is 0.903. The molecule has 0 amide bonds. The minimum absolute atomic E-state index is 1.12. The third-order valence-corrected chi connectivity index (χ3v) is 9.17. The maximum absolute atomic E-state index is 2.46. The predicted molar refractivity (Wildman–Crippen MR) is 176 cm³/mol. The lowest BCUT2D eigenvalue weighted by Gasteiger charge is -2.24. The van der Waals surface area contributed by atoms with Gasteiger partial charge < -0.3 is 0 Å².